The second kappa shape index (κ2) is 3.92. The van der Waals surface area contributed by atoms with Crippen molar-refractivity contribution in [3.8, 4) is 11.5 Å². The van der Waals surface area contributed by atoms with Gasteiger partial charge < -0.3 is 10.2 Å². The number of fused-ring (bicyclic) bond motifs is 1. The van der Waals surface area contributed by atoms with Gasteiger partial charge in [0, 0.05) is 17.5 Å². The molecule has 0 aliphatic heterocycles. The quantitative estimate of drug-likeness (QED) is 0.745. The Kier molecular flexibility index (Phi) is 2.66. The number of hydrogen-bond acceptors (Lipinski definition) is 2. The van der Waals surface area contributed by atoms with E-state index in [4.69, 9.17) is 11.6 Å². The van der Waals surface area contributed by atoms with Crippen molar-refractivity contribution in [3.05, 3.63) is 34.4 Å². The molecular formula is C16H19ClO2. The van der Waals surface area contributed by atoms with E-state index in [1.54, 1.807) is 0 Å². The first-order valence-electron chi connectivity index (χ1n) is 6.72. The fourth-order valence-corrected chi connectivity index (χ4v) is 4.40. The zero-order valence-corrected chi connectivity index (χ0v) is 12.2. The highest BCUT2D eigenvalue weighted by Gasteiger charge is 2.55. The van der Waals surface area contributed by atoms with Gasteiger partial charge in [0.15, 0.2) is 0 Å². The summed E-state index contributed by atoms with van der Waals surface area (Å²) in [4.78, 5) is 0. The van der Waals surface area contributed by atoms with Crippen LogP contribution in [0.3, 0.4) is 0 Å². The maximum Gasteiger partial charge on any atom is 0.124 e. The lowest BCUT2D eigenvalue weighted by atomic mass is 9.45. The van der Waals surface area contributed by atoms with Gasteiger partial charge in [0.2, 0.25) is 0 Å². The minimum absolute atomic E-state index is 0.00788. The third kappa shape index (κ3) is 1.69. The maximum atomic E-state index is 10.1. The van der Waals surface area contributed by atoms with Gasteiger partial charge >= 0.3 is 0 Å². The van der Waals surface area contributed by atoms with Crippen molar-refractivity contribution in [2.24, 2.45) is 17.3 Å². The molecule has 1 fully saturated rings. The van der Waals surface area contributed by atoms with E-state index in [1.165, 1.54) is 17.7 Å². The number of halogens is 1. The lowest BCUT2D eigenvalue weighted by Gasteiger charge is -2.59. The molecule has 4 rings (SSSR count). The van der Waals surface area contributed by atoms with Gasteiger partial charge in [-0.1, -0.05) is 37.1 Å². The predicted octanol–water partition coefficient (Wildman–Crippen LogP) is 4.46. The topological polar surface area (TPSA) is 40.5 Å². The van der Waals surface area contributed by atoms with Crippen LogP contribution >= 0.6 is 11.6 Å². The fraction of sp³-hybridized carbons (Fsp3) is 0.500. The van der Waals surface area contributed by atoms with Crippen LogP contribution in [0.15, 0.2) is 23.8 Å². The molecule has 2 N–H and O–H groups in total. The molecule has 0 radical (unpaired) electrons. The average molecular weight is 279 g/mol. The Morgan fingerprint density at radius 1 is 1.26 bits per heavy atom. The van der Waals surface area contributed by atoms with Crippen molar-refractivity contribution >= 4 is 11.6 Å². The van der Waals surface area contributed by atoms with Crippen molar-refractivity contribution in [3.63, 3.8) is 0 Å². The van der Waals surface area contributed by atoms with E-state index in [0.717, 1.165) is 12.0 Å². The largest absolute Gasteiger partial charge is 0.508 e. The normalized spacial score (nSPS) is 31.6. The molecule has 0 spiro atoms. The highest BCUT2D eigenvalue weighted by Crippen LogP contribution is 2.64. The number of aromatic hydroxyl groups is 2. The Balaban J connectivity index is 2.11. The van der Waals surface area contributed by atoms with Crippen LogP contribution in [-0.4, -0.2) is 10.2 Å². The minimum atomic E-state index is 0.00788. The molecule has 2 nitrogen and oxygen atoms in total. The van der Waals surface area contributed by atoms with Crippen LogP contribution in [0.4, 0.5) is 0 Å². The highest BCUT2D eigenvalue weighted by molar-refractivity contribution is 6.31. The van der Waals surface area contributed by atoms with Gasteiger partial charge in [-0.2, -0.15) is 0 Å². The van der Waals surface area contributed by atoms with Crippen LogP contribution in [0, 0.1) is 17.3 Å². The lowest BCUT2D eigenvalue weighted by Crippen LogP contribution is -2.50. The SMILES string of the molecule is CC1=CC(c2c(O)cc(O)cc2Cl)C2CC1C2(C)C. The lowest BCUT2D eigenvalue weighted by molar-refractivity contribution is -0.0194. The molecule has 19 heavy (non-hydrogen) atoms. The van der Waals surface area contributed by atoms with E-state index in [1.807, 2.05) is 0 Å². The molecule has 1 aromatic carbocycles. The minimum Gasteiger partial charge on any atom is -0.508 e. The van der Waals surface area contributed by atoms with E-state index in [0.29, 0.717) is 16.9 Å². The summed E-state index contributed by atoms with van der Waals surface area (Å²) in [6.07, 6.45) is 3.40. The Morgan fingerprint density at radius 2 is 1.95 bits per heavy atom. The van der Waals surface area contributed by atoms with Crippen LogP contribution in [-0.2, 0) is 0 Å². The van der Waals surface area contributed by atoms with Crippen LogP contribution < -0.4 is 0 Å². The molecule has 1 aromatic rings. The first-order chi connectivity index (χ1) is 8.82. The molecule has 2 bridgehead atoms. The number of benzene rings is 1. The predicted molar refractivity (Wildman–Crippen MR) is 76.7 cm³/mol. The standard InChI is InChI=1S/C16H19ClO2/c1-8-4-10(12-7-11(8)16(12,2)3)15-13(17)5-9(18)6-14(15)19/h4-6,10-12,18-19H,7H2,1-3H3. The van der Waals surface area contributed by atoms with E-state index in [9.17, 15) is 10.2 Å². The highest BCUT2D eigenvalue weighted by atomic mass is 35.5. The van der Waals surface area contributed by atoms with E-state index < -0.39 is 0 Å². The monoisotopic (exact) mass is 278 g/mol. The molecular weight excluding hydrogens is 260 g/mol. The summed E-state index contributed by atoms with van der Waals surface area (Å²) < 4.78 is 0. The summed E-state index contributed by atoms with van der Waals surface area (Å²) in [6.45, 7) is 6.75. The first kappa shape index (κ1) is 12.9. The van der Waals surface area contributed by atoms with E-state index in [2.05, 4.69) is 26.8 Å². The summed E-state index contributed by atoms with van der Waals surface area (Å²) in [6, 6.07) is 2.89. The molecule has 3 aliphatic carbocycles. The molecule has 102 valence electrons. The van der Waals surface area contributed by atoms with Gasteiger partial charge in [0.1, 0.15) is 11.5 Å². The third-order valence-electron chi connectivity index (χ3n) is 5.19. The van der Waals surface area contributed by atoms with Crippen molar-refractivity contribution < 1.29 is 10.2 Å². The van der Waals surface area contributed by atoms with Gasteiger partial charge in [-0.3, -0.25) is 0 Å². The Labute approximate surface area is 118 Å². The van der Waals surface area contributed by atoms with Gasteiger partial charge in [-0.05, 0) is 36.7 Å². The Morgan fingerprint density at radius 3 is 2.47 bits per heavy atom. The summed E-state index contributed by atoms with van der Waals surface area (Å²) in [5, 5.41) is 20.1. The maximum absolute atomic E-state index is 10.1. The Bertz CT molecular complexity index is 551. The molecule has 3 unspecified atom stereocenters. The van der Waals surface area contributed by atoms with Gasteiger partial charge in [0.05, 0.1) is 5.02 Å². The summed E-state index contributed by atoms with van der Waals surface area (Å²) in [5.74, 6) is 1.42. The summed E-state index contributed by atoms with van der Waals surface area (Å²) in [5.41, 5.74) is 2.41. The van der Waals surface area contributed by atoms with Gasteiger partial charge in [-0.25, -0.2) is 0 Å². The number of allylic oxidation sites excluding steroid dienone is 2. The van der Waals surface area contributed by atoms with Gasteiger partial charge in [-0.15, -0.1) is 0 Å². The number of phenolic OH excluding ortho intramolecular Hbond substituents is 2. The van der Waals surface area contributed by atoms with Crippen LogP contribution in [0.2, 0.25) is 5.02 Å². The second-order valence-corrected chi connectivity index (χ2v) is 6.92. The summed E-state index contributed by atoms with van der Waals surface area (Å²) >= 11 is 6.24. The van der Waals surface area contributed by atoms with Crippen LogP contribution in [0.5, 0.6) is 11.5 Å². The second-order valence-electron chi connectivity index (χ2n) is 6.51. The molecule has 0 heterocycles. The smallest absolute Gasteiger partial charge is 0.124 e. The molecule has 0 amide bonds. The van der Waals surface area contributed by atoms with Crippen molar-refractivity contribution in [1.29, 1.82) is 0 Å². The molecule has 3 atom stereocenters. The molecule has 3 aliphatic rings. The van der Waals surface area contributed by atoms with Crippen molar-refractivity contribution in [2.75, 3.05) is 0 Å². The first-order valence-corrected chi connectivity index (χ1v) is 7.10. The number of rotatable bonds is 1. The van der Waals surface area contributed by atoms with Gasteiger partial charge in [0.25, 0.3) is 0 Å². The van der Waals surface area contributed by atoms with E-state index >= 15 is 0 Å². The van der Waals surface area contributed by atoms with Crippen LogP contribution in [0.1, 0.15) is 38.7 Å². The number of phenols is 2. The molecule has 0 saturated heterocycles. The van der Waals surface area contributed by atoms with Crippen molar-refractivity contribution in [1.82, 2.24) is 0 Å². The summed E-state index contributed by atoms with van der Waals surface area (Å²) in [7, 11) is 0. The van der Waals surface area contributed by atoms with E-state index in [-0.39, 0.29) is 22.8 Å². The Hall–Kier alpha value is -1.15. The van der Waals surface area contributed by atoms with Crippen LogP contribution in [0.25, 0.3) is 0 Å². The third-order valence-corrected chi connectivity index (χ3v) is 5.51. The fourth-order valence-electron chi connectivity index (χ4n) is 4.06. The van der Waals surface area contributed by atoms with Crippen molar-refractivity contribution in [2.45, 2.75) is 33.1 Å². The molecule has 1 saturated carbocycles. The average Bonchev–Trinajstić information content (AvgIpc) is 2.25. The zero-order valence-electron chi connectivity index (χ0n) is 11.4. The molecule has 0 aromatic heterocycles. The number of hydrogen-bond donors (Lipinski definition) is 2. The molecule has 3 heteroatoms. The zero-order chi connectivity index (χ0) is 13.9.